The minimum Gasteiger partial charge on any atom is -0.192 e. The Balaban J connectivity index is 1.90. The van der Waals surface area contributed by atoms with Gasteiger partial charge in [-0.1, -0.05) is 29.2 Å². The largest absolute Gasteiger partial charge is 0.300 e. The van der Waals surface area contributed by atoms with Crippen LogP contribution in [0.1, 0.15) is 22.6 Å². The molecule has 4 heteroatoms. The molecule has 0 radical (unpaired) electrons. The van der Waals surface area contributed by atoms with Crippen molar-refractivity contribution in [3.8, 4) is 17.4 Å². The summed E-state index contributed by atoms with van der Waals surface area (Å²) in [6, 6.07) is 27.1. The van der Waals surface area contributed by atoms with E-state index >= 15 is 0 Å². The minimum absolute atomic E-state index is 0.621. The number of aryl methyl sites for hydroxylation is 2. The smallest absolute Gasteiger partial charge is 0.192 e. The van der Waals surface area contributed by atoms with E-state index in [1.54, 1.807) is 0 Å². The Kier molecular flexibility index (Phi) is 4.45. The van der Waals surface area contributed by atoms with E-state index < -0.39 is 0 Å². The fourth-order valence-corrected chi connectivity index (χ4v) is 4.34. The Morgan fingerprint density at radius 3 is 2.06 bits per heavy atom. The number of pyridine rings is 1. The summed E-state index contributed by atoms with van der Waals surface area (Å²) in [5.41, 5.74) is 6.98. The van der Waals surface area contributed by atoms with Gasteiger partial charge in [-0.25, -0.2) is 0 Å². The van der Waals surface area contributed by atoms with Crippen molar-refractivity contribution in [2.45, 2.75) is 20.8 Å². The van der Waals surface area contributed by atoms with E-state index in [-0.39, 0.29) is 0 Å². The molecule has 3 aromatic carbocycles. The fourth-order valence-electron chi connectivity index (χ4n) is 4.34. The second-order valence-corrected chi connectivity index (χ2v) is 7.82. The van der Waals surface area contributed by atoms with E-state index in [0.717, 1.165) is 50.3 Å². The second-order valence-electron chi connectivity index (χ2n) is 7.82. The van der Waals surface area contributed by atoms with Crippen LogP contribution in [0.25, 0.3) is 33.2 Å². The van der Waals surface area contributed by atoms with Gasteiger partial charge in [-0.3, -0.25) is 0 Å². The lowest BCUT2D eigenvalue weighted by molar-refractivity contribution is -0.585. The van der Waals surface area contributed by atoms with Crippen LogP contribution < -0.4 is 9.13 Å². The first-order valence-electron chi connectivity index (χ1n) is 10.3. The van der Waals surface area contributed by atoms with E-state index in [4.69, 9.17) is 0 Å². The van der Waals surface area contributed by atoms with Crippen molar-refractivity contribution in [2.24, 2.45) is 0 Å². The van der Waals surface area contributed by atoms with Gasteiger partial charge in [0.1, 0.15) is 11.2 Å². The van der Waals surface area contributed by atoms with Crippen LogP contribution in [0, 0.1) is 32.1 Å². The topological polar surface area (TPSA) is 44.4 Å². The number of hydrogen-bond acceptors (Lipinski definition) is 2. The Hall–Kier alpha value is -4.10. The van der Waals surface area contributed by atoms with E-state index in [9.17, 15) is 5.26 Å². The van der Waals surface area contributed by atoms with Gasteiger partial charge in [-0.2, -0.15) is 14.4 Å². The summed E-state index contributed by atoms with van der Waals surface area (Å²) in [6.07, 6.45) is 1.90. The van der Waals surface area contributed by atoms with Crippen LogP contribution in [0.3, 0.4) is 0 Å². The van der Waals surface area contributed by atoms with E-state index in [2.05, 4.69) is 76.5 Å². The molecule has 0 N–H and O–H groups in total. The lowest BCUT2D eigenvalue weighted by Crippen LogP contribution is -2.41. The summed E-state index contributed by atoms with van der Waals surface area (Å²) in [6.45, 7) is 6.22. The highest BCUT2D eigenvalue weighted by atomic mass is 15.1. The van der Waals surface area contributed by atoms with Crippen LogP contribution in [-0.4, -0.2) is 4.98 Å². The van der Waals surface area contributed by atoms with E-state index in [1.165, 1.54) is 0 Å². The Labute approximate surface area is 181 Å². The van der Waals surface area contributed by atoms with Crippen LogP contribution in [-0.2, 0) is 0 Å². The number of para-hydroxylation sites is 2. The number of nitrogens with zero attached hydrogens (tertiary/aromatic N) is 4. The third-order valence-electron chi connectivity index (χ3n) is 5.89. The lowest BCUT2D eigenvalue weighted by Gasteiger charge is -2.12. The maximum absolute atomic E-state index is 9.85. The first kappa shape index (κ1) is 18.9. The van der Waals surface area contributed by atoms with Crippen molar-refractivity contribution >= 4 is 21.8 Å². The first-order valence-corrected chi connectivity index (χ1v) is 10.3. The minimum atomic E-state index is 0.621. The number of rotatable bonds is 2. The molecule has 0 bridgehead atoms. The molecule has 0 unspecified atom stereocenters. The zero-order chi connectivity index (χ0) is 21.5. The molecule has 148 valence electrons. The van der Waals surface area contributed by atoms with Crippen LogP contribution in [0.5, 0.6) is 0 Å². The van der Waals surface area contributed by atoms with Gasteiger partial charge in [-0.05, 0) is 31.2 Å². The van der Waals surface area contributed by atoms with Crippen molar-refractivity contribution in [1.82, 2.24) is 4.98 Å². The maximum atomic E-state index is 9.85. The number of fused-ring (bicyclic) bond motifs is 2. The lowest BCUT2D eigenvalue weighted by atomic mass is 10.0. The molecule has 0 saturated heterocycles. The van der Waals surface area contributed by atoms with Gasteiger partial charge >= 0.3 is 5.82 Å². The Bertz CT molecular complexity index is 1420. The van der Waals surface area contributed by atoms with Gasteiger partial charge in [-0.15, -0.1) is 0 Å². The first-order chi connectivity index (χ1) is 15.1. The number of benzene rings is 3. The SMILES string of the molecule is Cc1c(-[n+]2c(C)ccc3ccccc32)cc(C#N)cc1-[n+]1c(C)ncc2ccccc21. The highest BCUT2D eigenvalue weighted by Gasteiger charge is 2.25. The van der Waals surface area contributed by atoms with Gasteiger partial charge in [0, 0.05) is 43.5 Å². The molecule has 0 aliphatic carbocycles. The van der Waals surface area contributed by atoms with Crippen LogP contribution in [0.4, 0.5) is 0 Å². The summed E-state index contributed by atoms with van der Waals surface area (Å²) in [4.78, 5) is 4.62. The molecular formula is C27H22N4+2. The van der Waals surface area contributed by atoms with Crippen molar-refractivity contribution < 1.29 is 9.13 Å². The molecule has 0 fully saturated rings. The number of nitriles is 1. The number of hydrogen-bond donors (Lipinski definition) is 0. The van der Waals surface area contributed by atoms with Gasteiger partial charge in [0.15, 0.2) is 11.9 Å². The van der Waals surface area contributed by atoms with E-state index in [1.807, 2.05) is 43.5 Å². The van der Waals surface area contributed by atoms with Crippen molar-refractivity contribution in [3.05, 3.63) is 102 Å². The predicted octanol–water partition coefficient (Wildman–Crippen LogP) is 4.74. The van der Waals surface area contributed by atoms with Crippen LogP contribution in [0.15, 0.2) is 79.0 Å². The molecule has 4 nitrogen and oxygen atoms in total. The Morgan fingerprint density at radius 1 is 0.742 bits per heavy atom. The normalized spacial score (nSPS) is 11.0. The molecule has 0 amide bonds. The van der Waals surface area contributed by atoms with Crippen LogP contribution >= 0.6 is 0 Å². The van der Waals surface area contributed by atoms with Gasteiger partial charge in [0.2, 0.25) is 11.2 Å². The molecular weight excluding hydrogens is 380 g/mol. The molecule has 5 aromatic rings. The van der Waals surface area contributed by atoms with Gasteiger partial charge in [0.25, 0.3) is 0 Å². The standard InChI is InChI=1S/C27H22N4/c1-18-12-13-22-8-4-6-10-24(22)30(18)26-14-21(16-28)15-27(19(26)2)31-20(3)29-17-23-9-5-7-11-25(23)31/h4-15,17H,1-3H3/q+2. The molecule has 0 aliphatic heterocycles. The highest BCUT2D eigenvalue weighted by molar-refractivity contribution is 5.77. The van der Waals surface area contributed by atoms with Gasteiger partial charge < -0.3 is 0 Å². The van der Waals surface area contributed by atoms with E-state index in [0.29, 0.717) is 5.56 Å². The average molecular weight is 403 g/mol. The van der Waals surface area contributed by atoms with Crippen LogP contribution in [0.2, 0.25) is 0 Å². The number of aromatic nitrogens is 3. The fraction of sp³-hybridized carbons (Fsp3) is 0.111. The monoisotopic (exact) mass is 402 g/mol. The molecule has 2 aromatic heterocycles. The third-order valence-corrected chi connectivity index (χ3v) is 5.89. The zero-order valence-electron chi connectivity index (χ0n) is 17.8. The highest BCUT2D eigenvalue weighted by Crippen LogP contribution is 2.22. The molecule has 31 heavy (non-hydrogen) atoms. The summed E-state index contributed by atoms with van der Waals surface area (Å²) in [5, 5.41) is 12.1. The quantitative estimate of drug-likeness (QED) is 0.401. The third kappa shape index (κ3) is 3.03. The molecule has 0 atom stereocenters. The summed E-state index contributed by atoms with van der Waals surface area (Å²) in [7, 11) is 0. The van der Waals surface area contributed by atoms with Gasteiger partial charge in [0.05, 0.1) is 22.6 Å². The Morgan fingerprint density at radius 2 is 1.35 bits per heavy atom. The maximum Gasteiger partial charge on any atom is 0.300 e. The van der Waals surface area contributed by atoms with Crippen molar-refractivity contribution in [3.63, 3.8) is 0 Å². The zero-order valence-corrected chi connectivity index (χ0v) is 17.8. The summed E-state index contributed by atoms with van der Waals surface area (Å²) in [5.74, 6) is 0.877. The van der Waals surface area contributed by atoms with Crippen molar-refractivity contribution in [1.29, 1.82) is 5.26 Å². The average Bonchev–Trinajstić information content (AvgIpc) is 2.80. The second kappa shape index (κ2) is 7.30. The summed E-state index contributed by atoms with van der Waals surface area (Å²) >= 11 is 0. The molecule has 2 heterocycles. The predicted molar refractivity (Wildman–Crippen MR) is 121 cm³/mol. The molecule has 0 aliphatic rings. The molecule has 0 saturated carbocycles. The molecule has 5 rings (SSSR count). The van der Waals surface area contributed by atoms with Crippen molar-refractivity contribution in [2.75, 3.05) is 0 Å². The molecule has 0 spiro atoms. The summed E-state index contributed by atoms with van der Waals surface area (Å²) < 4.78 is 4.39.